The Morgan fingerprint density at radius 3 is 2.37 bits per heavy atom. The average molecular weight is 528 g/mol. The average Bonchev–Trinajstić information content (AvgIpc) is 2.84. The van der Waals surface area contributed by atoms with Crippen molar-refractivity contribution in [1.82, 2.24) is 5.32 Å². The monoisotopic (exact) mass is 527 g/mol. The number of rotatable bonds is 4. The number of hydrogen-bond acceptors (Lipinski definition) is 5. The Balaban J connectivity index is 1.50. The van der Waals surface area contributed by atoms with Crippen molar-refractivity contribution >= 4 is 11.8 Å². The highest BCUT2D eigenvalue weighted by atomic mass is 16.5. The summed E-state index contributed by atoms with van der Waals surface area (Å²) in [6, 6.07) is 0. The quantitative estimate of drug-likeness (QED) is 0.433. The van der Waals surface area contributed by atoms with Gasteiger partial charge in [-0.1, -0.05) is 54.0 Å². The van der Waals surface area contributed by atoms with Crippen LogP contribution in [0.3, 0.4) is 0 Å². The first-order valence-electron chi connectivity index (χ1n) is 15.3. The lowest BCUT2D eigenvalue weighted by molar-refractivity contribution is -0.202. The van der Waals surface area contributed by atoms with Gasteiger partial charge in [-0.3, -0.25) is 9.59 Å². The lowest BCUT2D eigenvalue weighted by atomic mass is 9.33. The minimum atomic E-state index is -0.284. The zero-order chi connectivity index (χ0) is 27.9. The van der Waals surface area contributed by atoms with E-state index in [1.54, 1.807) is 0 Å². The number of carbonyl (C=O) groups excluding carboxylic acids is 2. The molecule has 0 bridgehead atoms. The minimum Gasteiger partial charge on any atom is -0.468 e. The van der Waals surface area contributed by atoms with Gasteiger partial charge in [-0.15, -0.1) is 0 Å². The van der Waals surface area contributed by atoms with E-state index in [9.17, 15) is 14.7 Å². The second-order valence-electron chi connectivity index (χ2n) is 16.1. The van der Waals surface area contributed by atoms with Crippen molar-refractivity contribution in [3.8, 4) is 0 Å². The van der Waals surface area contributed by atoms with Crippen LogP contribution in [-0.2, 0) is 14.3 Å². The highest BCUT2D eigenvalue weighted by molar-refractivity contribution is 5.95. The van der Waals surface area contributed by atoms with Gasteiger partial charge in [0, 0.05) is 12.5 Å². The summed E-state index contributed by atoms with van der Waals surface area (Å²) in [6.07, 6.45) is 11.5. The smallest absolute Gasteiger partial charge is 0.319 e. The fourth-order valence-electron chi connectivity index (χ4n) is 10.9. The molecular weight excluding hydrogens is 474 g/mol. The normalized spacial score (nSPS) is 49.6. The summed E-state index contributed by atoms with van der Waals surface area (Å²) < 4.78 is 4.83. The van der Waals surface area contributed by atoms with Gasteiger partial charge in [0.2, 0.25) is 0 Å². The van der Waals surface area contributed by atoms with Crippen LogP contribution >= 0.6 is 0 Å². The number of carbonyl (C=O) groups is 2. The summed E-state index contributed by atoms with van der Waals surface area (Å²) in [5, 5.41) is 14.3. The van der Waals surface area contributed by atoms with Crippen molar-refractivity contribution < 1.29 is 19.4 Å². The van der Waals surface area contributed by atoms with Crippen molar-refractivity contribution in [2.24, 2.45) is 50.2 Å². The van der Waals surface area contributed by atoms with Crippen LogP contribution in [0.5, 0.6) is 0 Å². The number of nitrogens with one attached hydrogen (secondary N) is 1. The predicted molar refractivity (Wildman–Crippen MR) is 150 cm³/mol. The van der Waals surface area contributed by atoms with Crippen molar-refractivity contribution in [3.05, 3.63) is 11.6 Å². The third-order valence-corrected chi connectivity index (χ3v) is 13.7. The number of ether oxygens (including phenoxy) is 1. The van der Waals surface area contributed by atoms with Crippen LogP contribution in [0.2, 0.25) is 0 Å². The Morgan fingerprint density at radius 2 is 1.68 bits per heavy atom. The molecule has 5 aliphatic carbocycles. The summed E-state index contributed by atoms with van der Waals surface area (Å²) in [4.78, 5) is 26.1. The molecule has 2 unspecified atom stereocenters. The van der Waals surface area contributed by atoms with Gasteiger partial charge in [0.05, 0.1) is 19.8 Å². The number of allylic oxidation sites excluding steroid dienone is 2. The molecule has 0 radical (unpaired) electrons. The third kappa shape index (κ3) is 3.84. The van der Waals surface area contributed by atoms with Gasteiger partial charge >= 0.3 is 5.97 Å². The number of hydrogen-bond donors (Lipinski definition) is 2. The van der Waals surface area contributed by atoms with Crippen molar-refractivity contribution in [3.63, 3.8) is 0 Å². The van der Waals surface area contributed by atoms with E-state index in [1.807, 2.05) is 0 Å². The summed E-state index contributed by atoms with van der Waals surface area (Å²) in [5.74, 6) is 0.931. The fraction of sp³-hybridized carbons (Fsp3) is 0.879. The van der Waals surface area contributed by atoms with Gasteiger partial charge in [-0.25, -0.2) is 0 Å². The lowest BCUT2D eigenvalue weighted by Gasteiger charge is -2.70. The number of aliphatic hydroxyl groups is 1. The largest absolute Gasteiger partial charge is 0.468 e. The molecule has 38 heavy (non-hydrogen) atoms. The number of methoxy groups -OCH3 is 1. The molecule has 4 saturated carbocycles. The third-order valence-electron chi connectivity index (χ3n) is 13.7. The van der Waals surface area contributed by atoms with Gasteiger partial charge < -0.3 is 15.2 Å². The SMILES string of the molecule is COC(=O)CNC[C@@]1(C)CC[C@]2(C)CC[C@]3(C)C(=CC(=O)C4[C@@]5(C)CC[C@H](O)C(C)(C)C5CC[C@]43C)[C@H]2C1. The molecule has 5 nitrogen and oxygen atoms in total. The van der Waals surface area contributed by atoms with Crippen molar-refractivity contribution in [2.75, 3.05) is 20.2 Å². The first kappa shape index (κ1) is 28.3. The van der Waals surface area contributed by atoms with Crippen LogP contribution in [0.15, 0.2) is 11.6 Å². The van der Waals surface area contributed by atoms with E-state index in [4.69, 9.17) is 4.74 Å². The number of esters is 1. The maximum atomic E-state index is 14.4. The summed E-state index contributed by atoms with van der Waals surface area (Å²) in [6.45, 7) is 17.7. The van der Waals surface area contributed by atoms with E-state index in [1.165, 1.54) is 25.5 Å². The second-order valence-corrected chi connectivity index (χ2v) is 16.1. The molecule has 0 heterocycles. The summed E-state index contributed by atoms with van der Waals surface area (Å²) in [5.41, 5.74) is 1.48. The van der Waals surface area contributed by atoms with E-state index in [0.717, 1.165) is 51.5 Å². The van der Waals surface area contributed by atoms with Crippen LogP contribution < -0.4 is 5.32 Å². The maximum absolute atomic E-state index is 14.4. The van der Waals surface area contributed by atoms with Gasteiger partial charge in [0.25, 0.3) is 0 Å². The van der Waals surface area contributed by atoms with Crippen LogP contribution in [0, 0.1) is 50.2 Å². The summed E-state index contributed by atoms with van der Waals surface area (Å²) >= 11 is 0. The van der Waals surface area contributed by atoms with E-state index in [2.05, 4.69) is 59.9 Å². The molecular formula is C33H53NO4. The van der Waals surface area contributed by atoms with E-state index < -0.39 is 0 Å². The second kappa shape index (κ2) is 8.90. The molecule has 0 spiro atoms. The molecule has 5 heteroatoms. The molecule has 4 fully saturated rings. The molecule has 9 atom stereocenters. The van der Waals surface area contributed by atoms with Gasteiger partial charge in [0.1, 0.15) is 0 Å². The zero-order valence-corrected chi connectivity index (χ0v) is 25.3. The van der Waals surface area contributed by atoms with E-state index in [-0.39, 0.29) is 57.0 Å². The molecule has 5 aliphatic rings. The first-order chi connectivity index (χ1) is 17.6. The lowest BCUT2D eigenvalue weighted by Crippen LogP contribution is -2.66. The molecule has 214 valence electrons. The standard InChI is InChI=1S/C33H53NO4/c1-28(2)24-9-12-33(7)27(31(24,5)11-10-25(28)36)23(35)17-21-22-18-29(3,20-34-19-26(37)38-8)13-14-30(22,4)15-16-32(21,33)6/h17,22,24-25,27,34,36H,9-16,18-20H2,1-8H3/t22-,24?,25+,27?,29+,30-,31+,32-,33-/m1/s1. The first-order valence-corrected chi connectivity index (χ1v) is 15.3. The molecule has 0 aromatic heterocycles. The van der Waals surface area contributed by atoms with Crippen LogP contribution in [0.1, 0.15) is 106 Å². The highest BCUT2D eigenvalue weighted by Gasteiger charge is 2.70. The Labute approximate surface area is 230 Å². The Morgan fingerprint density at radius 1 is 1.00 bits per heavy atom. The van der Waals surface area contributed by atoms with Crippen LogP contribution in [0.25, 0.3) is 0 Å². The Bertz CT molecular complexity index is 1030. The molecule has 5 rings (SSSR count). The molecule has 0 aromatic carbocycles. The topological polar surface area (TPSA) is 75.6 Å². The van der Waals surface area contributed by atoms with Crippen molar-refractivity contribution in [2.45, 2.75) is 112 Å². The predicted octanol–water partition coefficient (Wildman–Crippen LogP) is 6.09. The van der Waals surface area contributed by atoms with Gasteiger partial charge in [-0.2, -0.15) is 0 Å². The van der Waals surface area contributed by atoms with E-state index >= 15 is 0 Å². The molecule has 2 N–H and O–H groups in total. The minimum absolute atomic E-state index is 0.0155. The van der Waals surface area contributed by atoms with Gasteiger partial charge in [0.15, 0.2) is 5.78 Å². The maximum Gasteiger partial charge on any atom is 0.319 e. The zero-order valence-electron chi connectivity index (χ0n) is 25.3. The van der Waals surface area contributed by atoms with Crippen molar-refractivity contribution in [1.29, 1.82) is 0 Å². The number of aliphatic hydroxyl groups excluding tert-OH is 1. The van der Waals surface area contributed by atoms with Crippen LogP contribution in [-0.4, -0.2) is 43.2 Å². The Hall–Kier alpha value is -1.20. The van der Waals surface area contributed by atoms with Gasteiger partial charge in [-0.05, 0) is 108 Å². The summed E-state index contributed by atoms with van der Waals surface area (Å²) in [7, 11) is 1.44. The molecule has 0 amide bonds. The fourth-order valence-corrected chi connectivity index (χ4v) is 10.9. The van der Waals surface area contributed by atoms with E-state index in [0.29, 0.717) is 17.6 Å². The Kier molecular flexibility index (Phi) is 6.63. The van der Waals surface area contributed by atoms with Crippen LogP contribution in [0.4, 0.5) is 0 Å². The number of fused-ring (bicyclic) bond motifs is 7. The molecule has 0 aliphatic heterocycles. The molecule has 0 saturated heterocycles. The molecule has 0 aromatic rings. The highest BCUT2D eigenvalue weighted by Crippen LogP contribution is 2.75. The number of ketones is 1.